The first-order valence-corrected chi connectivity index (χ1v) is 8.08. The fourth-order valence-corrected chi connectivity index (χ4v) is 1.76. The van der Waals surface area contributed by atoms with Gasteiger partial charge >= 0.3 is 6.18 Å². The summed E-state index contributed by atoms with van der Waals surface area (Å²) in [6.07, 6.45) is -3.77. The molecule has 0 fully saturated rings. The standard InChI is InChI=1S/C9H10F3NO2.C9H9F2NO3/c1-3-5-7(9(10,11)12)8(6-4-2)13(14)15;10-6-2-1-5(3-7(6)11)15-4-8(13)9(12)14/h3-4,6H,1,5H2,2H3;1-3,8,13H,4H2,(H2,12,14)/b6-4-,8-7-;. The Hall–Kier alpha value is -3.28. The number of allylic oxidation sites excluding steroid dienone is 4. The van der Waals surface area contributed by atoms with Crippen LogP contribution in [0.25, 0.3) is 0 Å². The molecule has 0 spiro atoms. The number of amides is 1. The number of rotatable bonds is 8. The van der Waals surface area contributed by atoms with E-state index < -0.39 is 59.0 Å². The third kappa shape index (κ3) is 9.28. The van der Waals surface area contributed by atoms with Crippen molar-refractivity contribution in [2.45, 2.75) is 25.6 Å². The number of hydrogen-bond acceptors (Lipinski definition) is 5. The monoisotopic (exact) mass is 438 g/mol. The first kappa shape index (κ1) is 26.7. The molecule has 0 radical (unpaired) electrons. The Bertz CT molecular complexity index is 822. The molecule has 0 aliphatic heterocycles. The number of hydrogen-bond donors (Lipinski definition) is 2. The van der Waals surface area contributed by atoms with Crippen LogP contribution in [0.2, 0.25) is 0 Å². The van der Waals surface area contributed by atoms with Gasteiger partial charge in [-0.2, -0.15) is 13.2 Å². The molecule has 1 aromatic rings. The number of halogens is 5. The van der Waals surface area contributed by atoms with Gasteiger partial charge in [0.25, 0.3) is 5.70 Å². The van der Waals surface area contributed by atoms with Gasteiger partial charge in [0.05, 0.1) is 4.92 Å². The molecule has 0 bridgehead atoms. The highest BCUT2D eigenvalue weighted by Crippen LogP contribution is 2.31. The second-order valence-corrected chi connectivity index (χ2v) is 5.42. The fraction of sp³-hybridized carbons (Fsp3) is 0.278. The van der Waals surface area contributed by atoms with Gasteiger partial charge in [-0.3, -0.25) is 14.9 Å². The molecule has 0 aliphatic carbocycles. The number of aliphatic hydroxyl groups excluding tert-OH is 1. The Morgan fingerprint density at radius 1 is 1.37 bits per heavy atom. The van der Waals surface area contributed by atoms with Crippen LogP contribution >= 0.6 is 0 Å². The molecule has 1 rings (SSSR count). The van der Waals surface area contributed by atoms with Gasteiger partial charge in [0, 0.05) is 18.6 Å². The molecule has 1 aromatic carbocycles. The number of carbonyl (C=O) groups excluding carboxylic acids is 1. The van der Waals surface area contributed by atoms with Crippen molar-refractivity contribution < 1.29 is 41.5 Å². The first-order chi connectivity index (χ1) is 13.8. The minimum Gasteiger partial charge on any atom is -0.490 e. The van der Waals surface area contributed by atoms with Gasteiger partial charge in [-0.25, -0.2) is 8.78 Å². The summed E-state index contributed by atoms with van der Waals surface area (Å²) in [7, 11) is 0. The second kappa shape index (κ2) is 12.3. The quantitative estimate of drug-likeness (QED) is 0.212. The number of primary amides is 1. The van der Waals surface area contributed by atoms with E-state index in [2.05, 4.69) is 6.58 Å². The maximum Gasteiger partial charge on any atom is 0.419 e. The molecular weight excluding hydrogens is 419 g/mol. The average molecular weight is 438 g/mol. The summed E-state index contributed by atoms with van der Waals surface area (Å²) in [5.74, 6) is -3.01. The van der Waals surface area contributed by atoms with E-state index in [9.17, 15) is 36.9 Å². The summed E-state index contributed by atoms with van der Waals surface area (Å²) in [4.78, 5) is 19.8. The molecule has 0 saturated carbocycles. The SMILES string of the molecule is C=CC/C(=C(\C=C/C)[N+](=O)[O-])C(F)(F)F.NC(=O)C(O)COc1ccc(F)c(F)c1. The van der Waals surface area contributed by atoms with Crippen molar-refractivity contribution in [1.82, 2.24) is 0 Å². The first-order valence-electron chi connectivity index (χ1n) is 8.08. The van der Waals surface area contributed by atoms with Crippen LogP contribution in [0.1, 0.15) is 13.3 Å². The topological polar surface area (TPSA) is 116 Å². The molecule has 0 saturated heterocycles. The summed E-state index contributed by atoms with van der Waals surface area (Å²) < 4.78 is 67.1. The molecular formula is C18H19F5N2O5. The lowest BCUT2D eigenvalue weighted by atomic mass is 10.1. The zero-order valence-electron chi connectivity index (χ0n) is 15.7. The Morgan fingerprint density at radius 3 is 2.37 bits per heavy atom. The van der Waals surface area contributed by atoms with E-state index in [1.807, 2.05) is 0 Å². The number of benzene rings is 1. The number of nitro groups is 1. The van der Waals surface area contributed by atoms with Crippen molar-refractivity contribution in [3.8, 4) is 5.75 Å². The molecule has 1 amide bonds. The van der Waals surface area contributed by atoms with Gasteiger partial charge in [0.1, 0.15) is 17.9 Å². The van der Waals surface area contributed by atoms with Crippen LogP contribution in [0.5, 0.6) is 5.75 Å². The van der Waals surface area contributed by atoms with Crippen LogP contribution in [-0.2, 0) is 4.79 Å². The lowest BCUT2D eigenvalue weighted by Crippen LogP contribution is -2.33. The third-order valence-corrected chi connectivity index (χ3v) is 3.15. The molecule has 3 N–H and O–H groups in total. The average Bonchev–Trinajstić information content (AvgIpc) is 2.64. The zero-order chi connectivity index (χ0) is 23.5. The van der Waals surface area contributed by atoms with Crippen molar-refractivity contribution in [2.75, 3.05) is 6.61 Å². The molecule has 7 nitrogen and oxygen atoms in total. The van der Waals surface area contributed by atoms with Crippen LogP contribution in [0.15, 0.2) is 54.3 Å². The summed E-state index contributed by atoms with van der Waals surface area (Å²) in [5.41, 5.74) is 2.62. The summed E-state index contributed by atoms with van der Waals surface area (Å²) >= 11 is 0. The predicted octanol–water partition coefficient (Wildman–Crippen LogP) is 3.42. The van der Waals surface area contributed by atoms with Crippen LogP contribution in [0.3, 0.4) is 0 Å². The van der Waals surface area contributed by atoms with E-state index in [0.29, 0.717) is 0 Å². The number of nitrogens with zero attached hydrogens (tertiary/aromatic N) is 1. The van der Waals surface area contributed by atoms with Crippen LogP contribution in [0, 0.1) is 21.7 Å². The highest BCUT2D eigenvalue weighted by atomic mass is 19.4. The molecule has 12 heteroatoms. The van der Waals surface area contributed by atoms with E-state index in [4.69, 9.17) is 15.6 Å². The number of carbonyl (C=O) groups is 1. The van der Waals surface area contributed by atoms with E-state index in [1.54, 1.807) is 0 Å². The normalized spacial score (nSPS) is 13.0. The third-order valence-electron chi connectivity index (χ3n) is 3.15. The lowest BCUT2D eigenvalue weighted by Gasteiger charge is -2.09. The smallest absolute Gasteiger partial charge is 0.419 e. The highest BCUT2D eigenvalue weighted by molar-refractivity contribution is 5.78. The Balaban J connectivity index is 0.000000561. The minimum absolute atomic E-state index is 0.00852. The lowest BCUT2D eigenvalue weighted by molar-refractivity contribution is -0.422. The zero-order valence-corrected chi connectivity index (χ0v) is 15.7. The van der Waals surface area contributed by atoms with Crippen molar-refractivity contribution in [2.24, 2.45) is 5.73 Å². The Labute approximate surface area is 168 Å². The van der Waals surface area contributed by atoms with Gasteiger partial charge in [-0.15, -0.1) is 6.58 Å². The van der Waals surface area contributed by atoms with E-state index in [0.717, 1.165) is 24.3 Å². The van der Waals surface area contributed by atoms with Crippen molar-refractivity contribution >= 4 is 5.91 Å². The van der Waals surface area contributed by atoms with Crippen molar-refractivity contribution in [1.29, 1.82) is 0 Å². The van der Waals surface area contributed by atoms with Crippen LogP contribution in [-0.4, -0.2) is 34.8 Å². The van der Waals surface area contributed by atoms with Gasteiger partial charge in [0.15, 0.2) is 17.7 Å². The number of alkyl halides is 3. The summed E-state index contributed by atoms with van der Waals surface area (Å²) in [6, 6.07) is 2.86. The largest absolute Gasteiger partial charge is 0.490 e. The van der Waals surface area contributed by atoms with E-state index in [-0.39, 0.29) is 5.75 Å². The van der Waals surface area contributed by atoms with E-state index in [1.165, 1.54) is 19.1 Å². The van der Waals surface area contributed by atoms with E-state index >= 15 is 0 Å². The minimum atomic E-state index is -4.71. The second-order valence-electron chi connectivity index (χ2n) is 5.42. The number of nitrogens with two attached hydrogens (primary N) is 1. The van der Waals surface area contributed by atoms with Crippen molar-refractivity contribution in [3.05, 3.63) is 76.0 Å². The number of ether oxygens (including phenoxy) is 1. The van der Waals surface area contributed by atoms with Gasteiger partial charge in [0.2, 0.25) is 5.91 Å². The van der Waals surface area contributed by atoms with Gasteiger partial charge in [-0.1, -0.05) is 12.2 Å². The van der Waals surface area contributed by atoms with Gasteiger partial charge in [-0.05, 0) is 19.1 Å². The molecule has 0 heterocycles. The highest BCUT2D eigenvalue weighted by Gasteiger charge is 2.39. The number of aliphatic hydroxyl groups is 1. The molecule has 1 unspecified atom stereocenters. The van der Waals surface area contributed by atoms with Crippen LogP contribution < -0.4 is 10.5 Å². The maximum absolute atomic E-state index is 12.7. The molecule has 0 aliphatic rings. The molecule has 1 atom stereocenters. The fourth-order valence-electron chi connectivity index (χ4n) is 1.76. The Morgan fingerprint density at radius 2 is 1.97 bits per heavy atom. The summed E-state index contributed by atoms with van der Waals surface area (Å²) in [5, 5.41) is 19.4. The molecule has 0 aromatic heterocycles. The van der Waals surface area contributed by atoms with Crippen molar-refractivity contribution in [3.63, 3.8) is 0 Å². The van der Waals surface area contributed by atoms with Crippen LogP contribution in [0.4, 0.5) is 22.0 Å². The molecule has 166 valence electrons. The maximum atomic E-state index is 12.7. The predicted molar refractivity (Wildman–Crippen MR) is 96.8 cm³/mol. The summed E-state index contributed by atoms with van der Waals surface area (Å²) in [6.45, 7) is 4.14. The van der Waals surface area contributed by atoms with Gasteiger partial charge < -0.3 is 15.6 Å². The molecule has 30 heavy (non-hydrogen) atoms. The Kier molecular flexibility index (Phi) is 11.0.